The second kappa shape index (κ2) is 7.71. The van der Waals surface area contributed by atoms with Crippen LogP contribution < -0.4 is 22.3 Å². The number of para-hydroxylation sites is 1. The molecule has 1 amide bonds. The average molecular weight is 437 g/mol. The van der Waals surface area contributed by atoms with Gasteiger partial charge >= 0.3 is 6.09 Å². The summed E-state index contributed by atoms with van der Waals surface area (Å²) in [6.07, 6.45) is 4.16. The lowest BCUT2D eigenvalue weighted by atomic mass is 9.98. The number of hydrogen-bond acceptors (Lipinski definition) is 3. The molecule has 1 aromatic carbocycles. The first-order valence-electron chi connectivity index (χ1n) is 8.98. The molecule has 2 fully saturated rings. The Labute approximate surface area is 169 Å². The fourth-order valence-electron chi connectivity index (χ4n) is 4.46. The van der Waals surface area contributed by atoms with Gasteiger partial charge in [0.2, 0.25) is 0 Å². The van der Waals surface area contributed by atoms with E-state index >= 15 is 0 Å². The van der Waals surface area contributed by atoms with Crippen molar-refractivity contribution in [2.75, 3.05) is 19.4 Å². The molecule has 1 aromatic heterocycles. The van der Waals surface area contributed by atoms with Crippen molar-refractivity contribution in [3.63, 3.8) is 0 Å². The number of halogens is 1. The van der Waals surface area contributed by atoms with Crippen LogP contribution in [0.2, 0.25) is 0 Å². The lowest BCUT2D eigenvalue weighted by Gasteiger charge is -2.43. The highest BCUT2D eigenvalue weighted by Gasteiger charge is 2.49. The van der Waals surface area contributed by atoms with Gasteiger partial charge in [0.15, 0.2) is 0 Å². The van der Waals surface area contributed by atoms with Crippen LogP contribution in [0.1, 0.15) is 25.7 Å². The van der Waals surface area contributed by atoms with E-state index in [9.17, 15) is 4.79 Å². The summed E-state index contributed by atoms with van der Waals surface area (Å²) in [6.45, 7) is 0. The molecule has 0 radical (unpaired) electrons. The van der Waals surface area contributed by atoms with Crippen molar-refractivity contribution in [3.8, 4) is 10.4 Å². The van der Waals surface area contributed by atoms with Gasteiger partial charge in [-0.3, -0.25) is 5.32 Å². The molecular weight excluding hydrogens is 412 g/mol. The third-order valence-corrected chi connectivity index (χ3v) is 6.91. The van der Waals surface area contributed by atoms with Crippen molar-refractivity contribution in [2.24, 2.45) is 0 Å². The number of thiophene rings is 1. The number of nitrogens with one attached hydrogen (secondary N) is 1. The van der Waals surface area contributed by atoms with Gasteiger partial charge in [0, 0.05) is 36.1 Å². The number of piperidine rings is 1. The molecule has 4 nitrogen and oxygen atoms in total. The van der Waals surface area contributed by atoms with E-state index in [-0.39, 0.29) is 29.2 Å². The van der Waals surface area contributed by atoms with Gasteiger partial charge in [-0.2, -0.15) is 0 Å². The van der Waals surface area contributed by atoms with E-state index in [1.165, 1.54) is 12.8 Å². The molecule has 3 atom stereocenters. The Morgan fingerprint density at radius 3 is 2.46 bits per heavy atom. The first-order valence-corrected chi connectivity index (χ1v) is 9.86. The first-order chi connectivity index (χ1) is 12.0. The van der Waals surface area contributed by atoms with Crippen molar-refractivity contribution < 1.29 is 31.0 Å². The van der Waals surface area contributed by atoms with Gasteiger partial charge in [0.1, 0.15) is 6.10 Å². The van der Waals surface area contributed by atoms with Crippen molar-refractivity contribution in [3.05, 3.63) is 41.8 Å². The predicted octanol–water partition coefficient (Wildman–Crippen LogP) is 1.74. The van der Waals surface area contributed by atoms with Crippen LogP contribution in [0.3, 0.4) is 0 Å². The van der Waals surface area contributed by atoms with E-state index in [4.69, 9.17) is 4.74 Å². The largest absolute Gasteiger partial charge is 1.00 e. The summed E-state index contributed by atoms with van der Waals surface area (Å²) >= 11 is 1.67. The number of fused-ring (bicyclic) bond motifs is 2. The number of carbonyl (C=O) groups is 1. The summed E-state index contributed by atoms with van der Waals surface area (Å²) < 4.78 is 6.87. The number of carbonyl (C=O) groups excluding carboxylic acids is 1. The standard InChI is InChI=1S/C20H24N2O2S.BrH/c1-22(2)14-9-10-15(22)13-16(12-14)24-20(23)21-18-7-4-3-6-17(18)19-8-5-11-25-19;/h3-8,11,14-16H,9-10,12-13H2,1-2H3;1H/t14-,15+,16+;. The third kappa shape index (κ3) is 3.68. The summed E-state index contributed by atoms with van der Waals surface area (Å²) in [4.78, 5) is 13.6. The van der Waals surface area contributed by atoms with Crippen LogP contribution in [-0.4, -0.2) is 42.9 Å². The van der Waals surface area contributed by atoms with Gasteiger partial charge < -0.3 is 26.2 Å². The number of amides is 1. The predicted molar refractivity (Wildman–Crippen MR) is 102 cm³/mol. The van der Waals surface area contributed by atoms with Gasteiger partial charge in [0.25, 0.3) is 0 Å². The number of nitrogens with zero attached hydrogens (tertiary/aromatic N) is 1. The number of benzene rings is 1. The van der Waals surface area contributed by atoms with Gasteiger partial charge in [-0.1, -0.05) is 24.3 Å². The molecule has 2 aliphatic rings. The second-order valence-corrected chi connectivity index (χ2v) is 8.61. The number of hydrogen-bond donors (Lipinski definition) is 1. The molecule has 2 aromatic rings. The van der Waals surface area contributed by atoms with Crippen LogP contribution in [-0.2, 0) is 4.74 Å². The van der Waals surface area contributed by atoms with Gasteiger partial charge in [-0.15, -0.1) is 11.3 Å². The Morgan fingerprint density at radius 2 is 1.81 bits per heavy atom. The van der Waals surface area contributed by atoms with Crippen LogP contribution in [0.4, 0.5) is 10.5 Å². The van der Waals surface area contributed by atoms with E-state index < -0.39 is 0 Å². The zero-order valence-corrected chi connectivity index (χ0v) is 17.6. The van der Waals surface area contributed by atoms with Gasteiger partial charge in [-0.05, 0) is 17.5 Å². The number of anilines is 1. The Bertz CT molecular complexity index is 747. The summed E-state index contributed by atoms with van der Waals surface area (Å²) in [6, 6.07) is 13.2. The normalized spacial score (nSPS) is 26.0. The molecule has 2 bridgehead atoms. The van der Waals surface area contributed by atoms with Gasteiger partial charge in [0.05, 0.1) is 31.9 Å². The maximum absolute atomic E-state index is 12.5. The second-order valence-electron chi connectivity index (χ2n) is 7.66. The molecule has 1 N–H and O–H groups in total. The summed E-state index contributed by atoms with van der Waals surface area (Å²) in [5, 5.41) is 5.00. The average Bonchev–Trinajstić information content (AvgIpc) is 3.12. The van der Waals surface area contributed by atoms with Crippen LogP contribution in [0, 0.1) is 0 Å². The Hall–Kier alpha value is -1.37. The minimum absolute atomic E-state index is 0. The van der Waals surface area contributed by atoms with E-state index in [2.05, 4.69) is 25.5 Å². The highest BCUT2D eigenvalue weighted by Crippen LogP contribution is 2.40. The summed E-state index contributed by atoms with van der Waals surface area (Å²) in [5.74, 6) is 0. The fraction of sp³-hybridized carbons (Fsp3) is 0.450. The van der Waals surface area contributed by atoms with E-state index in [1.54, 1.807) is 11.3 Å². The summed E-state index contributed by atoms with van der Waals surface area (Å²) in [7, 11) is 4.63. The molecule has 0 aliphatic carbocycles. The Balaban J connectivity index is 0.00000196. The molecule has 140 valence electrons. The molecule has 26 heavy (non-hydrogen) atoms. The van der Waals surface area contributed by atoms with Gasteiger partial charge in [-0.25, -0.2) is 4.79 Å². The molecule has 0 unspecified atom stereocenters. The number of ether oxygens (including phenoxy) is 1. The topological polar surface area (TPSA) is 38.3 Å². The lowest BCUT2D eigenvalue weighted by molar-refractivity contribution is -0.931. The minimum atomic E-state index is -0.333. The molecule has 6 heteroatoms. The van der Waals surface area contributed by atoms with Crippen LogP contribution in [0.15, 0.2) is 41.8 Å². The van der Waals surface area contributed by atoms with E-state index in [0.29, 0.717) is 12.1 Å². The molecule has 4 rings (SSSR count). The fourth-order valence-corrected chi connectivity index (χ4v) is 5.22. The maximum Gasteiger partial charge on any atom is 0.411 e. The highest BCUT2D eigenvalue weighted by atomic mass is 79.9. The molecule has 3 heterocycles. The number of quaternary nitrogens is 1. The smallest absolute Gasteiger partial charge is 0.411 e. The van der Waals surface area contributed by atoms with Crippen LogP contribution in [0.5, 0.6) is 0 Å². The van der Waals surface area contributed by atoms with Crippen molar-refractivity contribution in [1.82, 2.24) is 0 Å². The van der Waals surface area contributed by atoms with Crippen molar-refractivity contribution in [2.45, 2.75) is 43.9 Å². The SMILES string of the molecule is C[N+]1(C)[C@@H]2CC[C@H]1C[C@@H](OC(=O)Nc1ccccc1-c1cccs1)C2.[Br-]. The van der Waals surface area contributed by atoms with E-state index in [0.717, 1.165) is 33.5 Å². The Kier molecular flexibility index (Phi) is 5.75. The summed E-state index contributed by atoms with van der Waals surface area (Å²) in [5.41, 5.74) is 1.85. The zero-order chi connectivity index (χ0) is 17.4. The monoisotopic (exact) mass is 436 g/mol. The molecular formula is C20H25BrN2O2S. The quantitative estimate of drug-likeness (QED) is 0.744. The van der Waals surface area contributed by atoms with Crippen LogP contribution >= 0.6 is 11.3 Å². The molecule has 2 aliphatic heterocycles. The lowest BCUT2D eigenvalue weighted by Crippen LogP contribution is -3.00. The number of rotatable bonds is 3. The first kappa shape index (κ1) is 19.4. The van der Waals surface area contributed by atoms with Crippen LogP contribution in [0.25, 0.3) is 10.4 Å². The van der Waals surface area contributed by atoms with Crippen molar-refractivity contribution in [1.29, 1.82) is 0 Å². The van der Waals surface area contributed by atoms with E-state index in [1.807, 2.05) is 35.7 Å². The third-order valence-electron chi connectivity index (χ3n) is 6.01. The Morgan fingerprint density at radius 1 is 1.12 bits per heavy atom. The maximum atomic E-state index is 12.5. The molecule has 2 saturated heterocycles. The molecule has 0 spiro atoms. The van der Waals surface area contributed by atoms with Crippen molar-refractivity contribution >= 4 is 23.1 Å². The minimum Gasteiger partial charge on any atom is -1.00 e. The highest BCUT2D eigenvalue weighted by molar-refractivity contribution is 7.13. The zero-order valence-electron chi connectivity index (χ0n) is 15.2. The molecule has 0 saturated carbocycles.